The number of hydrogen-bond donors (Lipinski definition) is 2. The van der Waals surface area contributed by atoms with Crippen molar-refractivity contribution in [2.24, 2.45) is 5.73 Å². The highest BCUT2D eigenvalue weighted by Gasteiger charge is 2.32. The van der Waals surface area contributed by atoms with Gasteiger partial charge >= 0.3 is 6.36 Å². The molecule has 0 atom stereocenters. The first-order valence-corrected chi connectivity index (χ1v) is 2.99. The zero-order chi connectivity index (χ0) is 10.1. The molecular formula is C5H4F3N3O2. The summed E-state index contributed by atoms with van der Waals surface area (Å²) in [5.74, 6) is -1.66. The van der Waals surface area contributed by atoms with E-state index in [4.69, 9.17) is 5.73 Å². The van der Waals surface area contributed by atoms with Crippen LogP contribution in [0.15, 0.2) is 6.07 Å². The van der Waals surface area contributed by atoms with Crippen molar-refractivity contribution in [2.45, 2.75) is 6.36 Å². The van der Waals surface area contributed by atoms with E-state index in [1.165, 1.54) is 0 Å². The molecule has 0 aliphatic rings. The number of aromatic nitrogens is 2. The van der Waals surface area contributed by atoms with Crippen LogP contribution in [-0.4, -0.2) is 22.5 Å². The molecule has 1 amide bonds. The van der Waals surface area contributed by atoms with E-state index < -0.39 is 18.1 Å². The van der Waals surface area contributed by atoms with E-state index in [0.29, 0.717) is 0 Å². The third kappa shape index (κ3) is 2.65. The molecule has 0 aromatic carbocycles. The lowest BCUT2D eigenvalue weighted by molar-refractivity contribution is -0.276. The number of primary amides is 1. The number of carbonyl (C=O) groups excluding carboxylic acids is 1. The Bertz CT molecular complexity index is 319. The largest absolute Gasteiger partial charge is 0.574 e. The van der Waals surface area contributed by atoms with Gasteiger partial charge in [0, 0.05) is 6.07 Å². The third-order valence-electron chi connectivity index (χ3n) is 1.04. The second-order valence-corrected chi connectivity index (χ2v) is 2.03. The SMILES string of the molecule is NC(=O)c1cc(OC(F)(F)F)n[nH]1. The Kier molecular flexibility index (Phi) is 2.13. The molecule has 0 fully saturated rings. The summed E-state index contributed by atoms with van der Waals surface area (Å²) in [6, 6.07) is 0.760. The van der Waals surface area contributed by atoms with E-state index in [9.17, 15) is 18.0 Å². The quantitative estimate of drug-likeness (QED) is 0.716. The van der Waals surface area contributed by atoms with Crippen LogP contribution in [0, 0.1) is 0 Å². The van der Waals surface area contributed by atoms with Crippen LogP contribution in [0.2, 0.25) is 0 Å². The zero-order valence-corrected chi connectivity index (χ0v) is 6.05. The van der Waals surface area contributed by atoms with Gasteiger partial charge in [0.1, 0.15) is 5.69 Å². The van der Waals surface area contributed by atoms with Crippen molar-refractivity contribution in [3.63, 3.8) is 0 Å². The number of amides is 1. The van der Waals surface area contributed by atoms with Crippen molar-refractivity contribution in [2.75, 3.05) is 0 Å². The monoisotopic (exact) mass is 195 g/mol. The molecule has 3 N–H and O–H groups in total. The van der Waals surface area contributed by atoms with Crippen molar-refractivity contribution in [1.82, 2.24) is 10.2 Å². The van der Waals surface area contributed by atoms with Gasteiger partial charge in [-0.15, -0.1) is 18.3 Å². The molecule has 0 saturated heterocycles. The van der Waals surface area contributed by atoms with Crippen LogP contribution in [0.1, 0.15) is 10.5 Å². The van der Waals surface area contributed by atoms with Crippen molar-refractivity contribution >= 4 is 5.91 Å². The number of H-pyrrole nitrogens is 1. The lowest BCUT2D eigenvalue weighted by Crippen LogP contribution is -2.17. The molecule has 1 aromatic rings. The molecule has 0 bridgehead atoms. The molecular weight excluding hydrogens is 191 g/mol. The van der Waals surface area contributed by atoms with Gasteiger partial charge in [-0.1, -0.05) is 0 Å². The van der Waals surface area contributed by atoms with Crippen LogP contribution in [-0.2, 0) is 0 Å². The highest BCUT2D eigenvalue weighted by atomic mass is 19.4. The van der Waals surface area contributed by atoms with Gasteiger partial charge in [-0.2, -0.15) is 0 Å². The molecule has 0 saturated carbocycles. The van der Waals surface area contributed by atoms with E-state index in [1.807, 2.05) is 5.10 Å². The molecule has 72 valence electrons. The number of nitrogens with zero attached hydrogens (tertiary/aromatic N) is 1. The summed E-state index contributed by atoms with van der Waals surface area (Å²) in [7, 11) is 0. The summed E-state index contributed by atoms with van der Waals surface area (Å²) in [5, 5.41) is 5.03. The Morgan fingerprint density at radius 2 is 2.23 bits per heavy atom. The minimum absolute atomic E-state index is 0.251. The molecule has 13 heavy (non-hydrogen) atoms. The average molecular weight is 195 g/mol. The molecule has 8 heteroatoms. The maximum atomic E-state index is 11.6. The van der Waals surface area contributed by atoms with Gasteiger partial charge in [0.15, 0.2) is 0 Å². The highest BCUT2D eigenvalue weighted by molar-refractivity contribution is 5.90. The predicted octanol–water partition coefficient (Wildman–Crippen LogP) is 0.407. The van der Waals surface area contributed by atoms with E-state index in [2.05, 4.69) is 9.84 Å². The molecule has 1 heterocycles. The van der Waals surface area contributed by atoms with Gasteiger partial charge in [-0.05, 0) is 0 Å². The topological polar surface area (TPSA) is 81.0 Å². The Hall–Kier alpha value is -1.73. The van der Waals surface area contributed by atoms with Crippen LogP contribution in [0.5, 0.6) is 5.88 Å². The number of nitrogens with one attached hydrogen (secondary N) is 1. The van der Waals surface area contributed by atoms with E-state index in [0.717, 1.165) is 6.07 Å². The van der Waals surface area contributed by atoms with E-state index in [-0.39, 0.29) is 5.69 Å². The fraction of sp³-hybridized carbons (Fsp3) is 0.200. The molecule has 0 spiro atoms. The summed E-state index contributed by atoms with van der Waals surface area (Å²) in [5.41, 5.74) is 4.49. The highest BCUT2D eigenvalue weighted by Crippen LogP contribution is 2.20. The molecule has 1 rings (SSSR count). The van der Waals surface area contributed by atoms with Crippen molar-refractivity contribution in [3.8, 4) is 5.88 Å². The molecule has 1 aromatic heterocycles. The zero-order valence-electron chi connectivity index (χ0n) is 6.05. The fourth-order valence-corrected chi connectivity index (χ4v) is 0.600. The number of rotatable bonds is 2. The summed E-state index contributed by atoms with van der Waals surface area (Å²) in [6.07, 6.45) is -4.83. The first-order chi connectivity index (χ1) is 5.88. The number of nitrogens with two attached hydrogens (primary N) is 1. The second kappa shape index (κ2) is 2.96. The minimum Gasteiger partial charge on any atom is -0.386 e. The lowest BCUT2D eigenvalue weighted by Gasteiger charge is -2.03. The van der Waals surface area contributed by atoms with Crippen LogP contribution in [0.25, 0.3) is 0 Å². The Balaban J connectivity index is 2.75. The molecule has 5 nitrogen and oxygen atoms in total. The van der Waals surface area contributed by atoms with Gasteiger partial charge in [-0.25, -0.2) is 0 Å². The van der Waals surface area contributed by atoms with Crippen LogP contribution < -0.4 is 10.5 Å². The fourth-order valence-electron chi connectivity index (χ4n) is 0.600. The smallest absolute Gasteiger partial charge is 0.386 e. The molecule has 0 radical (unpaired) electrons. The lowest BCUT2D eigenvalue weighted by atomic mass is 10.4. The number of ether oxygens (including phenoxy) is 1. The van der Waals surface area contributed by atoms with Gasteiger partial charge in [0.25, 0.3) is 5.91 Å². The molecule has 0 aliphatic carbocycles. The van der Waals surface area contributed by atoms with Gasteiger partial charge in [0.2, 0.25) is 5.88 Å². The summed E-state index contributed by atoms with van der Waals surface area (Å²) in [6.45, 7) is 0. The maximum Gasteiger partial charge on any atom is 0.574 e. The Morgan fingerprint density at radius 3 is 2.62 bits per heavy atom. The standard InChI is InChI=1S/C5H4F3N3O2/c6-5(7,8)13-3-1-2(4(9)12)10-11-3/h1H,(H2,9,12)(H,10,11). The first kappa shape index (κ1) is 9.36. The van der Waals surface area contributed by atoms with Crippen LogP contribution >= 0.6 is 0 Å². The third-order valence-corrected chi connectivity index (χ3v) is 1.04. The Morgan fingerprint density at radius 1 is 1.62 bits per heavy atom. The number of aromatic amines is 1. The van der Waals surface area contributed by atoms with Crippen LogP contribution in [0.4, 0.5) is 13.2 Å². The van der Waals surface area contributed by atoms with Crippen molar-refractivity contribution < 1.29 is 22.7 Å². The summed E-state index contributed by atoms with van der Waals surface area (Å²) < 4.78 is 38.1. The van der Waals surface area contributed by atoms with Gasteiger partial charge in [-0.3, -0.25) is 9.89 Å². The number of alkyl halides is 3. The van der Waals surface area contributed by atoms with Gasteiger partial charge < -0.3 is 10.5 Å². The second-order valence-electron chi connectivity index (χ2n) is 2.03. The van der Waals surface area contributed by atoms with E-state index in [1.54, 1.807) is 0 Å². The molecule has 0 unspecified atom stereocenters. The average Bonchev–Trinajstić information content (AvgIpc) is 2.31. The number of hydrogen-bond acceptors (Lipinski definition) is 3. The molecule has 0 aliphatic heterocycles. The summed E-state index contributed by atoms with van der Waals surface area (Å²) >= 11 is 0. The van der Waals surface area contributed by atoms with Crippen molar-refractivity contribution in [1.29, 1.82) is 0 Å². The maximum absolute atomic E-state index is 11.6. The summed E-state index contributed by atoms with van der Waals surface area (Å²) in [4.78, 5) is 10.4. The van der Waals surface area contributed by atoms with Gasteiger partial charge in [0.05, 0.1) is 0 Å². The first-order valence-electron chi connectivity index (χ1n) is 2.99. The Labute approximate surface area is 69.7 Å². The van der Waals surface area contributed by atoms with Crippen LogP contribution in [0.3, 0.4) is 0 Å². The van der Waals surface area contributed by atoms with Crippen molar-refractivity contribution in [3.05, 3.63) is 11.8 Å². The minimum atomic E-state index is -4.83. The number of halogens is 3. The predicted molar refractivity (Wildman–Crippen MR) is 33.8 cm³/mol. The van der Waals surface area contributed by atoms with E-state index >= 15 is 0 Å². The normalized spacial score (nSPS) is 11.3. The number of carbonyl (C=O) groups is 1.